The number of benzene rings is 1. The number of hydrogen-bond donors (Lipinski definition) is 2. The standard InChI is InChI=1S/C14H20N2O/c1-2-10-9-13(10)16-14(17)8-7-11-5-3-4-6-12(11)15/h3-6,10,13H,2,7-9,15H2,1H3,(H,16,17). The molecule has 0 spiro atoms. The SMILES string of the molecule is CCC1CC1NC(=O)CCc1ccccc1N. The number of hydrogen-bond acceptors (Lipinski definition) is 2. The average molecular weight is 232 g/mol. The third-order valence-corrected chi connectivity index (χ3v) is 3.47. The molecule has 2 atom stereocenters. The second-order valence-electron chi connectivity index (χ2n) is 4.78. The van der Waals surface area contributed by atoms with Crippen molar-refractivity contribution in [2.45, 2.75) is 38.6 Å². The van der Waals surface area contributed by atoms with Crippen molar-refractivity contribution in [2.24, 2.45) is 5.92 Å². The third kappa shape index (κ3) is 3.22. The maximum Gasteiger partial charge on any atom is 0.220 e. The van der Waals surface area contributed by atoms with E-state index in [0.717, 1.165) is 30.5 Å². The first kappa shape index (κ1) is 12.0. The van der Waals surface area contributed by atoms with Crippen molar-refractivity contribution in [3.8, 4) is 0 Å². The van der Waals surface area contributed by atoms with Crippen LogP contribution in [0.3, 0.4) is 0 Å². The van der Waals surface area contributed by atoms with Gasteiger partial charge in [-0.2, -0.15) is 0 Å². The van der Waals surface area contributed by atoms with Gasteiger partial charge in [-0.1, -0.05) is 31.5 Å². The fourth-order valence-corrected chi connectivity index (χ4v) is 2.16. The molecule has 2 rings (SSSR count). The van der Waals surface area contributed by atoms with Crippen LogP contribution in [0.25, 0.3) is 0 Å². The largest absolute Gasteiger partial charge is 0.399 e. The molecular weight excluding hydrogens is 212 g/mol. The van der Waals surface area contributed by atoms with E-state index in [1.54, 1.807) is 0 Å². The smallest absolute Gasteiger partial charge is 0.220 e. The topological polar surface area (TPSA) is 55.1 Å². The lowest BCUT2D eigenvalue weighted by Gasteiger charge is -2.06. The number of nitrogens with one attached hydrogen (secondary N) is 1. The molecule has 0 bridgehead atoms. The van der Waals surface area contributed by atoms with Crippen LogP contribution in [0, 0.1) is 5.92 Å². The van der Waals surface area contributed by atoms with Crippen LogP contribution in [0.2, 0.25) is 0 Å². The van der Waals surface area contributed by atoms with Crippen molar-refractivity contribution in [3.63, 3.8) is 0 Å². The molecule has 3 heteroatoms. The van der Waals surface area contributed by atoms with Crippen molar-refractivity contribution >= 4 is 11.6 Å². The highest BCUT2D eigenvalue weighted by Crippen LogP contribution is 2.33. The molecule has 1 fully saturated rings. The predicted octanol–water partition coefficient (Wildman–Crippen LogP) is 2.12. The minimum Gasteiger partial charge on any atom is -0.399 e. The molecule has 1 aliphatic rings. The van der Waals surface area contributed by atoms with Crippen molar-refractivity contribution in [2.75, 3.05) is 5.73 Å². The lowest BCUT2D eigenvalue weighted by molar-refractivity contribution is -0.121. The number of rotatable bonds is 5. The maximum atomic E-state index is 11.7. The van der Waals surface area contributed by atoms with Gasteiger partial charge in [0.2, 0.25) is 5.91 Å². The molecule has 3 N–H and O–H groups in total. The minimum absolute atomic E-state index is 0.147. The Hall–Kier alpha value is -1.51. The summed E-state index contributed by atoms with van der Waals surface area (Å²) in [6, 6.07) is 8.16. The van der Waals surface area contributed by atoms with Gasteiger partial charge in [-0.15, -0.1) is 0 Å². The molecule has 1 aromatic rings. The Bertz CT molecular complexity index is 403. The van der Waals surface area contributed by atoms with Crippen LogP contribution < -0.4 is 11.1 Å². The highest BCUT2D eigenvalue weighted by molar-refractivity contribution is 5.77. The Kier molecular flexibility index (Phi) is 3.67. The van der Waals surface area contributed by atoms with Gasteiger partial charge in [0.05, 0.1) is 0 Å². The summed E-state index contributed by atoms with van der Waals surface area (Å²) in [7, 11) is 0. The fourth-order valence-electron chi connectivity index (χ4n) is 2.16. The van der Waals surface area contributed by atoms with Crippen LogP contribution in [0.15, 0.2) is 24.3 Å². The Morgan fingerprint density at radius 3 is 2.88 bits per heavy atom. The Labute approximate surface area is 102 Å². The maximum absolute atomic E-state index is 11.7. The van der Waals surface area contributed by atoms with E-state index in [1.807, 2.05) is 24.3 Å². The highest BCUT2D eigenvalue weighted by atomic mass is 16.1. The van der Waals surface area contributed by atoms with Gasteiger partial charge in [0.1, 0.15) is 0 Å². The summed E-state index contributed by atoms with van der Waals surface area (Å²) < 4.78 is 0. The molecule has 2 unspecified atom stereocenters. The molecular formula is C14H20N2O. The number of nitrogen functional groups attached to an aromatic ring is 1. The summed E-state index contributed by atoms with van der Waals surface area (Å²) in [4.78, 5) is 11.7. The van der Waals surface area contributed by atoms with Gasteiger partial charge in [-0.05, 0) is 30.4 Å². The molecule has 1 saturated carbocycles. The zero-order chi connectivity index (χ0) is 12.3. The van der Waals surface area contributed by atoms with Crippen LogP contribution in [0.5, 0.6) is 0 Å². The van der Waals surface area contributed by atoms with Crippen molar-refractivity contribution in [3.05, 3.63) is 29.8 Å². The van der Waals surface area contributed by atoms with Gasteiger partial charge in [0, 0.05) is 18.2 Å². The summed E-state index contributed by atoms with van der Waals surface area (Å²) >= 11 is 0. The molecule has 1 aliphatic carbocycles. The number of nitrogens with two attached hydrogens (primary N) is 1. The molecule has 1 aromatic carbocycles. The lowest BCUT2D eigenvalue weighted by atomic mass is 10.1. The minimum atomic E-state index is 0.147. The summed E-state index contributed by atoms with van der Waals surface area (Å²) in [5, 5.41) is 3.06. The van der Waals surface area contributed by atoms with E-state index < -0.39 is 0 Å². The normalized spacial score (nSPS) is 22.2. The number of carbonyl (C=O) groups is 1. The molecule has 1 amide bonds. The van der Waals surface area contributed by atoms with E-state index in [1.165, 1.54) is 0 Å². The number of para-hydroxylation sites is 1. The Morgan fingerprint density at radius 2 is 2.24 bits per heavy atom. The van der Waals surface area contributed by atoms with Crippen LogP contribution in [0.4, 0.5) is 5.69 Å². The van der Waals surface area contributed by atoms with E-state index in [0.29, 0.717) is 18.4 Å². The molecule has 3 nitrogen and oxygen atoms in total. The van der Waals surface area contributed by atoms with Crippen molar-refractivity contribution in [1.82, 2.24) is 5.32 Å². The van der Waals surface area contributed by atoms with Gasteiger partial charge in [-0.3, -0.25) is 4.79 Å². The predicted molar refractivity (Wildman–Crippen MR) is 69.5 cm³/mol. The van der Waals surface area contributed by atoms with E-state index in [2.05, 4.69) is 12.2 Å². The van der Waals surface area contributed by atoms with Gasteiger partial charge >= 0.3 is 0 Å². The summed E-state index contributed by atoms with van der Waals surface area (Å²) in [5.74, 6) is 0.856. The van der Waals surface area contributed by atoms with E-state index in [-0.39, 0.29) is 5.91 Å². The molecule has 0 aromatic heterocycles. The van der Waals surface area contributed by atoms with Crippen LogP contribution in [0.1, 0.15) is 31.7 Å². The highest BCUT2D eigenvalue weighted by Gasteiger charge is 2.36. The molecule has 0 radical (unpaired) electrons. The first-order chi connectivity index (χ1) is 8.20. The summed E-state index contributed by atoms with van der Waals surface area (Å²) in [6.07, 6.45) is 3.56. The van der Waals surface area contributed by atoms with Crippen LogP contribution >= 0.6 is 0 Å². The molecule has 0 heterocycles. The first-order valence-corrected chi connectivity index (χ1v) is 6.33. The van der Waals surface area contributed by atoms with Gasteiger partial charge in [0.25, 0.3) is 0 Å². The van der Waals surface area contributed by atoms with E-state index >= 15 is 0 Å². The second-order valence-corrected chi connectivity index (χ2v) is 4.78. The van der Waals surface area contributed by atoms with Crippen molar-refractivity contribution in [1.29, 1.82) is 0 Å². The number of anilines is 1. The zero-order valence-electron chi connectivity index (χ0n) is 10.3. The quantitative estimate of drug-likeness (QED) is 0.764. The monoisotopic (exact) mass is 232 g/mol. The van der Waals surface area contributed by atoms with Crippen LogP contribution in [-0.4, -0.2) is 11.9 Å². The average Bonchev–Trinajstić information content (AvgIpc) is 3.06. The van der Waals surface area contributed by atoms with Crippen LogP contribution in [-0.2, 0) is 11.2 Å². The fraction of sp³-hybridized carbons (Fsp3) is 0.500. The van der Waals surface area contributed by atoms with E-state index in [4.69, 9.17) is 5.73 Å². The summed E-state index contributed by atoms with van der Waals surface area (Å²) in [6.45, 7) is 2.17. The summed E-state index contributed by atoms with van der Waals surface area (Å²) in [5.41, 5.74) is 7.67. The molecule has 92 valence electrons. The Balaban J connectivity index is 1.75. The molecule has 17 heavy (non-hydrogen) atoms. The van der Waals surface area contributed by atoms with Gasteiger partial charge in [0.15, 0.2) is 0 Å². The Morgan fingerprint density at radius 1 is 1.47 bits per heavy atom. The van der Waals surface area contributed by atoms with Gasteiger partial charge in [-0.25, -0.2) is 0 Å². The number of aryl methyl sites for hydroxylation is 1. The first-order valence-electron chi connectivity index (χ1n) is 6.33. The lowest BCUT2D eigenvalue weighted by Crippen LogP contribution is -2.27. The van der Waals surface area contributed by atoms with Gasteiger partial charge < -0.3 is 11.1 Å². The zero-order valence-corrected chi connectivity index (χ0v) is 10.3. The molecule has 0 saturated heterocycles. The van der Waals surface area contributed by atoms with Crippen molar-refractivity contribution < 1.29 is 4.79 Å². The number of carbonyl (C=O) groups excluding carboxylic acids is 1. The number of amides is 1. The third-order valence-electron chi connectivity index (χ3n) is 3.47. The second kappa shape index (κ2) is 5.21. The molecule has 0 aliphatic heterocycles. The van der Waals surface area contributed by atoms with E-state index in [9.17, 15) is 4.79 Å².